The van der Waals surface area contributed by atoms with Crippen molar-refractivity contribution in [3.8, 4) is 5.69 Å². The summed E-state index contributed by atoms with van der Waals surface area (Å²) in [7, 11) is 0. The molecule has 234 valence electrons. The topological polar surface area (TPSA) is 21.3 Å². The van der Waals surface area contributed by atoms with Crippen LogP contribution >= 0.6 is 11.3 Å². The lowest BCUT2D eigenvalue weighted by Crippen LogP contribution is -2.09. The highest BCUT2D eigenvalue weighted by Crippen LogP contribution is 2.44. The predicted octanol–water partition coefficient (Wildman–Crippen LogP) is 13.7. The molecule has 3 heterocycles. The van der Waals surface area contributed by atoms with Crippen LogP contribution in [0, 0.1) is 0 Å². The van der Waals surface area contributed by atoms with Crippen LogP contribution in [-0.4, -0.2) is 4.57 Å². The Morgan fingerprint density at radius 2 is 1.10 bits per heavy atom. The predicted molar refractivity (Wildman–Crippen MR) is 213 cm³/mol. The molecule has 0 unspecified atom stereocenters. The van der Waals surface area contributed by atoms with E-state index >= 15 is 0 Å². The van der Waals surface area contributed by atoms with Crippen molar-refractivity contribution in [1.29, 1.82) is 0 Å². The Balaban J connectivity index is 1.18. The number of aromatic nitrogens is 1. The number of fused-ring (bicyclic) bond motifs is 11. The molecule has 0 aliphatic carbocycles. The van der Waals surface area contributed by atoms with Gasteiger partial charge < -0.3 is 13.9 Å². The number of para-hydroxylation sites is 3. The van der Waals surface area contributed by atoms with E-state index in [4.69, 9.17) is 4.42 Å². The number of anilines is 3. The van der Waals surface area contributed by atoms with Crippen LogP contribution in [0.4, 0.5) is 17.1 Å². The van der Waals surface area contributed by atoms with Crippen LogP contribution in [0.1, 0.15) is 0 Å². The highest BCUT2D eigenvalue weighted by atomic mass is 32.1. The molecule has 0 radical (unpaired) electrons. The second-order valence-electron chi connectivity index (χ2n) is 13.0. The van der Waals surface area contributed by atoms with Gasteiger partial charge in [0, 0.05) is 69.9 Å². The summed E-state index contributed by atoms with van der Waals surface area (Å²) in [5.74, 6) is 0. The molecule has 11 aromatic rings. The second kappa shape index (κ2) is 10.6. The van der Waals surface area contributed by atoms with Gasteiger partial charge in [0.05, 0.1) is 11.0 Å². The molecular weight excluding hydrogens is 629 g/mol. The summed E-state index contributed by atoms with van der Waals surface area (Å²) in [6.07, 6.45) is 0. The van der Waals surface area contributed by atoms with E-state index in [0.29, 0.717) is 0 Å². The minimum Gasteiger partial charge on any atom is -0.455 e. The van der Waals surface area contributed by atoms with Gasteiger partial charge in [0.1, 0.15) is 11.2 Å². The highest BCUT2D eigenvalue weighted by molar-refractivity contribution is 7.25. The van der Waals surface area contributed by atoms with Gasteiger partial charge in [-0.2, -0.15) is 0 Å². The lowest BCUT2D eigenvalue weighted by molar-refractivity contribution is 0.672. The van der Waals surface area contributed by atoms with Crippen LogP contribution in [0.15, 0.2) is 174 Å². The van der Waals surface area contributed by atoms with Gasteiger partial charge in [-0.1, -0.05) is 84.9 Å². The first-order chi connectivity index (χ1) is 24.8. The molecule has 0 bridgehead atoms. The van der Waals surface area contributed by atoms with E-state index in [1.807, 2.05) is 17.4 Å². The van der Waals surface area contributed by atoms with E-state index < -0.39 is 0 Å². The first-order valence-electron chi connectivity index (χ1n) is 16.9. The molecule has 11 rings (SSSR count). The zero-order valence-electron chi connectivity index (χ0n) is 26.9. The average molecular weight is 657 g/mol. The number of furan rings is 1. The number of benzene rings is 8. The molecule has 0 saturated carbocycles. The van der Waals surface area contributed by atoms with E-state index in [0.717, 1.165) is 61.0 Å². The number of hydrogen-bond acceptors (Lipinski definition) is 3. The number of nitrogens with zero attached hydrogens (tertiary/aromatic N) is 2. The highest BCUT2D eigenvalue weighted by Gasteiger charge is 2.20. The minimum absolute atomic E-state index is 0.915. The lowest BCUT2D eigenvalue weighted by atomic mass is 10.0. The van der Waals surface area contributed by atoms with E-state index in [9.17, 15) is 0 Å². The molecule has 0 amide bonds. The summed E-state index contributed by atoms with van der Waals surface area (Å²) < 4.78 is 11.5. The third-order valence-corrected chi connectivity index (χ3v) is 11.3. The zero-order chi connectivity index (χ0) is 32.8. The van der Waals surface area contributed by atoms with Crippen molar-refractivity contribution in [2.24, 2.45) is 0 Å². The third kappa shape index (κ3) is 4.03. The molecule has 0 saturated heterocycles. The fourth-order valence-electron chi connectivity index (χ4n) is 7.88. The van der Waals surface area contributed by atoms with Crippen molar-refractivity contribution in [2.75, 3.05) is 4.90 Å². The van der Waals surface area contributed by atoms with Crippen LogP contribution in [-0.2, 0) is 0 Å². The summed E-state index contributed by atoms with van der Waals surface area (Å²) in [6.45, 7) is 0. The van der Waals surface area contributed by atoms with Crippen molar-refractivity contribution in [3.63, 3.8) is 0 Å². The van der Waals surface area contributed by atoms with Gasteiger partial charge in [0.2, 0.25) is 0 Å². The normalized spacial score (nSPS) is 12.0. The Kier molecular flexibility index (Phi) is 5.83. The van der Waals surface area contributed by atoms with Gasteiger partial charge in [-0.25, -0.2) is 0 Å². The smallest absolute Gasteiger partial charge is 0.143 e. The number of thiophene rings is 1. The molecule has 0 fully saturated rings. The van der Waals surface area contributed by atoms with Crippen molar-refractivity contribution in [1.82, 2.24) is 4.57 Å². The largest absolute Gasteiger partial charge is 0.455 e. The van der Waals surface area contributed by atoms with E-state index in [2.05, 4.69) is 173 Å². The Bertz CT molecular complexity index is 3100. The quantitative estimate of drug-likeness (QED) is 0.188. The molecular formula is C46H28N2OS. The summed E-state index contributed by atoms with van der Waals surface area (Å²) >= 11 is 1.85. The number of hydrogen-bond donors (Lipinski definition) is 0. The molecule has 0 spiro atoms. The van der Waals surface area contributed by atoms with Crippen LogP contribution < -0.4 is 4.90 Å². The number of rotatable bonds is 4. The van der Waals surface area contributed by atoms with Crippen molar-refractivity contribution < 1.29 is 4.42 Å². The SMILES string of the molecule is c1ccc(N(c2ccc3c(c2)sc2ccccc23)c2ccc3c(c2)c2cc4ccc5c6ccccc6oc5c4cc2n3-c2ccccc2)cc1. The standard InChI is InChI=1S/C46H28N2OS/c1-3-11-30(12-4-1)47(33-20-23-36-35-16-8-10-18-44(35)50-45(36)27-33)32-21-24-41-40(26-32)39-25-29-19-22-37-34-15-7-9-17-43(34)49-46(37)38(29)28-42(39)48(41)31-13-5-2-6-14-31/h1-28H. The maximum Gasteiger partial charge on any atom is 0.143 e. The van der Waals surface area contributed by atoms with Gasteiger partial charge in [-0.3, -0.25) is 0 Å². The van der Waals surface area contributed by atoms with Crippen molar-refractivity contribution in [2.45, 2.75) is 0 Å². The van der Waals surface area contributed by atoms with Crippen LogP contribution in [0.5, 0.6) is 0 Å². The van der Waals surface area contributed by atoms with Crippen LogP contribution in [0.2, 0.25) is 0 Å². The fourth-order valence-corrected chi connectivity index (χ4v) is 9.02. The average Bonchev–Trinajstić information content (AvgIpc) is 3.84. The van der Waals surface area contributed by atoms with E-state index in [-0.39, 0.29) is 0 Å². The molecule has 3 nitrogen and oxygen atoms in total. The van der Waals surface area contributed by atoms with Gasteiger partial charge >= 0.3 is 0 Å². The molecule has 8 aromatic carbocycles. The first kappa shape index (κ1) is 27.6. The molecule has 0 aliphatic rings. The fraction of sp³-hybridized carbons (Fsp3) is 0. The molecule has 4 heteroatoms. The maximum atomic E-state index is 6.52. The summed E-state index contributed by atoms with van der Waals surface area (Å²) in [4.78, 5) is 2.38. The molecule has 50 heavy (non-hydrogen) atoms. The van der Waals surface area contributed by atoms with Crippen molar-refractivity contribution >= 4 is 103 Å². The maximum absolute atomic E-state index is 6.52. The summed E-state index contributed by atoms with van der Waals surface area (Å²) in [5, 5.41) is 9.60. The zero-order valence-corrected chi connectivity index (χ0v) is 27.7. The minimum atomic E-state index is 0.915. The lowest BCUT2D eigenvalue weighted by Gasteiger charge is -2.25. The van der Waals surface area contributed by atoms with E-state index in [1.54, 1.807) is 0 Å². The molecule has 0 atom stereocenters. The van der Waals surface area contributed by atoms with Gasteiger partial charge in [0.15, 0.2) is 0 Å². The monoisotopic (exact) mass is 656 g/mol. The third-order valence-electron chi connectivity index (χ3n) is 10.1. The van der Waals surface area contributed by atoms with Crippen molar-refractivity contribution in [3.05, 3.63) is 170 Å². The summed E-state index contributed by atoms with van der Waals surface area (Å²) in [6, 6.07) is 61.3. The molecule has 0 N–H and O–H groups in total. The Labute approximate surface area is 291 Å². The Morgan fingerprint density at radius 3 is 1.98 bits per heavy atom. The van der Waals surface area contributed by atoms with E-state index in [1.165, 1.54) is 36.5 Å². The van der Waals surface area contributed by atoms with Gasteiger partial charge in [-0.15, -0.1) is 11.3 Å². The Hall–Kier alpha value is -6.36. The van der Waals surface area contributed by atoms with Gasteiger partial charge in [-0.05, 0) is 90.3 Å². The first-order valence-corrected chi connectivity index (χ1v) is 17.7. The molecule has 3 aromatic heterocycles. The second-order valence-corrected chi connectivity index (χ2v) is 14.0. The van der Waals surface area contributed by atoms with Gasteiger partial charge in [0.25, 0.3) is 0 Å². The Morgan fingerprint density at radius 1 is 0.420 bits per heavy atom. The molecule has 0 aliphatic heterocycles. The summed E-state index contributed by atoms with van der Waals surface area (Å²) in [5.41, 5.74) is 8.67. The van der Waals surface area contributed by atoms with Crippen LogP contribution in [0.25, 0.3) is 80.4 Å². The van der Waals surface area contributed by atoms with Crippen LogP contribution in [0.3, 0.4) is 0 Å².